The molecule has 0 unspecified atom stereocenters. The van der Waals surface area contributed by atoms with Crippen LogP contribution >= 0.6 is 0 Å². The van der Waals surface area contributed by atoms with Crippen LogP contribution in [0.5, 0.6) is 5.75 Å². The van der Waals surface area contributed by atoms with E-state index in [4.69, 9.17) is 10.1 Å². The van der Waals surface area contributed by atoms with Crippen LogP contribution in [0.15, 0.2) is 42.5 Å². The first kappa shape index (κ1) is 25.8. The smallest absolute Gasteiger partial charge is 0.406 e. The highest BCUT2D eigenvalue weighted by molar-refractivity contribution is 5.90. The Bertz CT molecular complexity index is 1640. The summed E-state index contributed by atoms with van der Waals surface area (Å²) in [6.07, 6.45) is -2.91. The Morgan fingerprint density at radius 1 is 0.868 bits per heavy atom. The van der Waals surface area contributed by atoms with Gasteiger partial charge in [0.15, 0.2) is 5.65 Å². The molecule has 5 rings (SSSR count). The lowest BCUT2D eigenvalue weighted by molar-refractivity contribution is -0.274. The molecule has 8 heteroatoms. The Morgan fingerprint density at radius 3 is 2.13 bits per heavy atom. The van der Waals surface area contributed by atoms with Crippen molar-refractivity contribution in [2.75, 3.05) is 0 Å². The number of alkyl halides is 3. The van der Waals surface area contributed by atoms with E-state index in [-0.39, 0.29) is 5.75 Å². The second-order valence-corrected chi connectivity index (χ2v) is 10.1. The van der Waals surface area contributed by atoms with Crippen LogP contribution in [0.25, 0.3) is 27.8 Å². The SMILES string of the molecule is CCCc1cc2c(C)nc3c(-c4c(C)cc(C)cc4C)c(C)nn3c2n1Cc1ccc(OC(F)(F)F)cc1. The van der Waals surface area contributed by atoms with Crippen molar-refractivity contribution >= 4 is 16.7 Å². The number of aryl methyl sites for hydroxylation is 6. The predicted molar refractivity (Wildman–Crippen MR) is 144 cm³/mol. The molecule has 5 aromatic rings. The minimum atomic E-state index is -4.72. The topological polar surface area (TPSA) is 44.4 Å². The van der Waals surface area contributed by atoms with E-state index in [1.807, 2.05) is 18.4 Å². The lowest BCUT2D eigenvalue weighted by atomic mass is 9.94. The molecule has 0 spiro atoms. The zero-order valence-corrected chi connectivity index (χ0v) is 22.5. The van der Waals surface area contributed by atoms with Gasteiger partial charge in [0.2, 0.25) is 0 Å². The van der Waals surface area contributed by atoms with Crippen molar-refractivity contribution in [1.82, 2.24) is 19.2 Å². The molecule has 0 bridgehead atoms. The molecule has 0 atom stereocenters. The number of halogens is 3. The Balaban J connectivity index is 1.71. The standard InChI is InChI=1S/C30H31F3N4O/c1-7-8-23-15-25-20(5)34-28-27(26-18(3)13-17(2)14-19(26)4)21(6)35-37(28)29(25)36(23)16-22-9-11-24(12-10-22)38-30(31,32)33/h9-15H,7-8,16H2,1-6H3. The van der Waals surface area contributed by atoms with Crippen LogP contribution in [-0.2, 0) is 13.0 Å². The zero-order valence-electron chi connectivity index (χ0n) is 22.5. The number of fused-ring (bicyclic) bond motifs is 3. The fraction of sp³-hybridized carbons (Fsp3) is 0.333. The predicted octanol–water partition coefficient (Wildman–Crippen LogP) is 7.79. The molecular formula is C30H31F3N4O. The summed E-state index contributed by atoms with van der Waals surface area (Å²) in [6.45, 7) is 13.0. The summed E-state index contributed by atoms with van der Waals surface area (Å²) in [4.78, 5) is 5.04. The van der Waals surface area contributed by atoms with Gasteiger partial charge in [-0.25, -0.2) is 4.98 Å². The number of hydrogen-bond donors (Lipinski definition) is 0. The van der Waals surface area contributed by atoms with Gasteiger partial charge in [-0.3, -0.25) is 0 Å². The Hall–Kier alpha value is -3.81. The van der Waals surface area contributed by atoms with Crippen molar-refractivity contribution in [2.24, 2.45) is 0 Å². The minimum absolute atomic E-state index is 0.231. The minimum Gasteiger partial charge on any atom is -0.406 e. The molecule has 0 saturated heterocycles. The van der Waals surface area contributed by atoms with Crippen LogP contribution in [0.3, 0.4) is 0 Å². The molecule has 198 valence electrons. The molecule has 0 aliphatic rings. The third kappa shape index (κ3) is 4.64. The molecule has 0 radical (unpaired) electrons. The summed E-state index contributed by atoms with van der Waals surface area (Å²) in [5, 5.41) is 6.00. The Labute approximate surface area is 219 Å². The summed E-state index contributed by atoms with van der Waals surface area (Å²) >= 11 is 0. The van der Waals surface area contributed by atoms with E-state index in [9.17, 15) is 13.2 Å². The largest absolute Gasteiger partial charge is 0.573 e. The highest BCUT2D eigenvalue weighted by Gasteiger charge is 2.31. The lowest BCUT2D eigenvalue weighted by Crippen LogP contribution is -2.17. The monoisotopic (exact) mass is 520 g/mol. The van der Waals surface area contributed by atoms with Gasteiger partial charge in [-0.05, 0) is 81.5 Å². The van der Waals surface area contributed by atoms with E-state index in [0.717, 1.165) is 63.3 Å². The van der Waals surface area contributed by atoms with E-state index < -0.39 is 6.36 Å². The van der Waals surface area contributed by atoms with Gasteiger partial charge >= 0.3 is 6.36 Å². The highest BCUT2D eigenvalue weighted by Crippen LogP contribution is 2.36. The first-order chi connectivity index (χ1) is 18.0. The van der Waals surface area contributed by atoms with Gasteiger partial charge in [0, 0.05) is 17.6 Å². The van der Waals surface area contributed by atoms with Crippen molar-refractivity contribution in [2.45, 2.75) is 67.3 Å². The van der Waals surface area contributed by atoms with Crippen LogP contribution in [0.1, 0.15) is 52.7 Å². The van der Waals surface area contributed by atoms with E-state index in [1.54, 1.807) is 12.1 Å². The van der Waals surface area contributed by atoms with Gasteiger partial charge in [0.05, 0.1) is 17.0 Å². The second kappa shape index (κ2) is 9.49. The fourth-order valence-electron chi connectivity index (χ4n) is 5.56. The van der Waals surface area contributed by atoms with Gasteiger partial charge in [-0.1, -0.05) is 43.2 Å². The molecular weight excluding hydrogens is 489 g/mol. The molecule has 3 aromatic heterocycles. The van der Waals surface area contributed by atoms with Crippen molar-refractivity contribution in [3.63, 3.8) is 0 Å². The third-order valence-corrected chi connectivity index (χ3v) is 6.99. The van der Waals surface area contributed by atoms with Crippen molar-refractivity contribution in [3.05, 3.63) is 81.8 Å². The van der Waals surface area contributed by atoms with Crippen molar-refractivity contribution in [3.8, 4) is 16.9 Å². The maximum atomic E-state index is 12.6. The van der Waals surface area contributed by atoms with E-state index in [1.165, 1.54) is 28.8 Å². The van der Waals surface area contributed by atoms with Gasteiger partial charge < -0.3 is 9.30 Å². The van der Waals surface area contributed by atoms with Crippen molar-refractivity contribution in [1.29, 1.82) is 0 Å². The highest BCUT2D eigenvalue weighted by atomic mass is 19.4. The molecule has 0 saturated carbocycles. The van der Waals surface area contributed by atoms with E-state index >= 15 is 0 Å². The summed E-state index contributed by atoms with van der Waals surface area (Å²) < 4.78 is 46.1. The van der Waals surface area contributed by atoms with E-state index in [2.05, 4.69) is 55.2 Å². The Kier molecular flexibility index (Phi) is 6.45. The first-order valence-corrected chi connectivity index (χ1v) is 12.8. The van der Waals surface area contributed by atoms with Crippen LogP contribution in [-0.4, -0.2) is 25.5 Å². The first-order valence-electron chi connectivity index (χ1n) is 12.8. The maximum absolute atomic E-state index is 12.6. The van der Waals surface area contributed by atoms with Crippen molar-refractivity contribution < 1.29 is 17.9 Å². The number of ether oxygens (including phenoxy) is 1. The van der Waals surface area contributed by atoms with Gasteiger partial charge in [-0.2, -0.15) is 9.61 Å². The number of benzene rings is 2. The number of nitrogens with zero attached hydrogens (tertiary/aromatic N) is 4. The summed E-state index contributed by atoms with van der Waals surface area (Å²) in [5.74, 6) is -0.231. The average molecular weight is 521 g/mol. The lowest BCUT2D eigenvalue weighted by Gasteiger charge is -2.14. The maximum Gasteiger partial charge on any atom is 0.573 e. The number of hydrogen-bond acceptors (Lipinski definition) is 3. The van der Waals surface area contributed by atoms with Crippen LogP contribution in [0.2, 0.25) is 0 Å². The molecule has 38 heavy (non-hydrogen) atoms. The molecule has 3 heterocycles. The molecule has 0 amide bonds. The number of aromatic nitrogens is 4. The van der Waals surface area contributed by atoms with Crippen LogP contribution < -0.4 is 4.74 Å². The summed E-state index contributed by atoms with van der Waals surface area (Å²) in [6, 6.07) is 12.6. The quantitative estimate of drug-likeness (QED) is 0.230. The number of rotatable bonds is 6. The summed E-state index contributed by atoms with van der Waals surface area (Å²) in [7, 11) is 0. The van der Waals surface area contributed by atoms with Crippen LogP contribution in [0.4, 0.5) is 13.2 Å². The second-order valence-electron chi connectivity index (χ2n) is 10.1. The fourth-order valence-corrected chi connectivity index (χ4v) is 5.56. The normalized spacial score (nSPS) is 12.1. The van der Waals surface area contributed by atoms with Gasteiger partial charge in [0.25, 0.3) is 0 Å². The summed E-state index contributed by atoms with van der Waals surface area (Å²) in [5.41, 5.74) is 11.3. The molecule has 0 aliphatic heterocycles. The van der Waals surface area contributed by atoms with Gasteiger partial charge in [0.1, 0.15) is 11.4 Å². The molecule has 0 fully saturated rings. The van der Waals surface area contributed by atoms with Gasteiger partial charge in [-0.15, -0.1) is 13.2 Å². The molecule has 0 N–H and O–H groups in total. The zero-order chi connectivity index (χ0) is 27.4. The third-order valence-electron chi connectivity index (χ3n) is 6.99. The van der Waals surface area contributed by atoms with E-state index in [0.29, 0.717) is 6.54 Å². The molecule has 0 aliphatic carbocycles. The molecule has 2 aromatic carbocycles. The molecule has 5 nitrogen and oxygen atoms in total. The van der Waals surface area contributed by atoms with Crippen LogP contribution in [0, 0.1) is 34.6 Å². The average Bonchev–Trinajstić information content (AvgIpc) is 3.32. The Morgan fingerprint density at radius 2 is 1.53 bits per heavy atom.